The predicted molar refractivity (Wildman–Crippen MR) is 101 cm³/mol. The van der Waals surface area contributed by atoms with Gasteiger partial charge in [-0.05, 0) is 85.7 Å². The lowest BCUT2D eigenvalue weighted by Crippen LogP contribution is -2.34. The van der Waals surface area contributed by atoms with Gasteiger partial charge in [0.2, 0.25) is 5.91 Å². The quantitative estimate of drug-likeness (QED) is 0.780. The van der Waals surface area contributed by atoms with Gasteiger partial charge >= 0.3 is 0 Å². The van der Waals surface area contributed by atoms with Crippen molar-refractivity contribution in [1.82, 2.24) is 5.32 Å². The van der Waals surface area contributed by atoms with E-state index in [4.69, 9.17) is 5.73 Å². The Bertz CT molecular complexity index is 764. The minimum Gasteiger partial charge on any atom is -0.508 e. The van der Waals surface area contributed by atoms with E-state index in [1.165, 1.54) is 19.3 Å². The highest BCUT2D eigenvalue weighted by Crippen LogP contribution is 2.29. The summed E-state index contributed by atoms with van der Waals surface area (Å²) in [4.78, 5) is 11.5. The van der Waals surface area contributed by atoms with Crippen molar-refractivity contribution in [2.24, 2.45) is 5.73 Å². The van der Waals surface area contributed by atoms with Crippen LogP contribution in [-0.4, -0.2) is 23.6 Å². The smallest absolute Gasteiger partial charge is 0.248 e. The summed E-state index contributed by atoms with van der Waals surface area (Å²) < 4.78 is 0. The number of phenolic OH excluding ortho intramolecular Hbond substituents is 1. The Balaban J connectivity index is 1.84. The normalized spacial score (nSPS) is 17.4. The van der Waals surface area contributed by atoms with Crippen molar-refractivity contribution in [2.45, 2.75) is 45.1 Å². The Morgan fingerprint density at radius 3 is 2.80 bits per heavy atom. The molecule has 2 aromatic rings. The van der Waals surface area contributed by atoms with Gasteiger partial charge in [0, 0.05) is 11.6 Å². The number of nitrogens with two attached hydrogens (primary N) is 1. The first-order valence-electron chi connectivity index (χ1n) is 9.00. The molecule has 0 saturated carbocycles. The lowest BCUT2D eigenvalue weighted by Gasteiger charge is -2.23. The number of piperidine rings is 1. The number of hydrogen-bond acceptors (Lipinski definition) is 3. The van der Waals surface area contributed by atoms with Crippen LogP contribution in [0.25, 0.3) is 11.1 Å². The second kappa shape index (κ2) is 7.70. The van der Waals surface area contributed by atoms with Gasteiger partial charge < -0.3 is 16.2 Å². The molecular weight excluding hydrogens is 312 g/mol. The van der Waals surface area contributed by atoms with E-state index >= 15 is 0 Å². The van der Waals surface area contributed by atoms with E-state index in [0.717, 1.165) is 41.6 Å². The van der Waals surface area contributed by atoms with E-state index in [0.29, 0.717) is 11.6 Å². The Labute approximate surface area is 149 Å². The van der Waals surface area contributed by atoms with Crippen molar-refractivity contribution in [3.8, 4) is 16.9 Å². The number of aryl methyl sites for hydroxylation is 2. The number of nitrogens with one attached hydrogen (secondary N) is 1. The summed E-state index contributed by atoms with van der Waals surface area (Å²) in [6.45, 7) is 3.10. The van der Waals surface area contributed by atoms with Gasteiger partial charge in [-0.1, -0.05) is 18.6 Å². The fourth-order valence-electron chi connectivity index (χ4n) is 3.57. The molecule has 0 aromatic heterocycles. The van der Waals surface area contributed by atoms with Crippen LogP contribution in [0.2, 0.25) is 0 Å². The van der Waals surface area contributed by atoms with Crippen LogP contribution in [0.1, 0.15) is 47.2 Å². The number of phenols is 1. The van der Waals surface area contributed by atoms with E-state index in [2.05, 4.69) is 11.4 Å². The fourth-order valence-corrected chi connectivity index (χ4v) is 3.57. The standard InChI is InChI=1S/C21H26N2O2/c1-14-5-7-16(21(22)25)13-20(14)17-10-15(11-19(24)12-17)6-8-18-4-2-3-9-23-18/h5,7,10-13,18,23-24H,2-4,6,8-9H2,1H3,(H2,22,25)/t18-/m1/s1. The lowest BCUT2D eigenvalue weighted by molar-refractivity contribution is 0.100. The first kappa shape index (κ1) is 17.5. The number of amides is 1. The van der Waals surface area contributed by atoms with Gasteiger partial charge in [0.1, 0.15) is 5.75 Å². The summed E-state index contributed by atoms with van der Waals surface area (Å²) in [5.74, 6) is -0.182. The molecular formula is C21H26N2O2. The Kier molecular flexibility index (Phi) is 5.39. The summed E-state index contributed by atoms with van der Waals surface area (Å²) in [5, 5.41) is 13.7. The maximum atomic E-state index is 11.5. The third kappa shape index (κ3) is 4.40. The maximum absolute atomic E-state index is 11.5. The Morgan fingerprint density at radius 1 is 1.24 bits per heavy atom. The summed E-state index contributed by atoms with van der Waals surface area (Å²) in [6.07, 6.45) is 5.78. The largest absolute Gasteiger partial charge is 0.508 e. The van der Waals surface area contributed by atoms with Gasteiger partial charge in [-0.3, -0.25) is 4.79 Å². The first-order valence-corrected chi connectivity index (χ1v) is 9.00. The zero-order valence-corrected chi connectivity index (χ0v) is 14.7. The fraction of sp³-hybridized carbons (Fsp3) is 0.381. The van der Waals surface area contributed by atoms with Crippen molar-refractivity contribution >= 4 is 5.91 Å². The lowest BCUT2D eigenvalue weighted by atomic mass is 9.93. The summed E-state index contributed by atoms with van der Waals surface area (Å²) in [5.41, 5.74) is 9.91. The van der Waals surface area contributed by atoms with Crippen LogP contribution in [0, 0.1) is 6.92 Å². The number of primary amides is 1. The molecule has 0 radical (unpaired) electrons. The van der Waals surface area contributed by atoms with Crippen molar-refractivity contribution in [3.05, 3.63) is 53.1 Å². The van der Waals surface area contributed by atoms with E-state index in [-0.39, 0.29) is 5.75 Å². The first-order chi connectivity index (χ1) is 12.0. The highest BCUT2D eigenvalue weighted by molar-refractivity contribution is 5.94. The second-order valence-corrected chi connectivity index (χ2v) is 6.97. The van der Waals surface area contributed by atoms with Gasteiger partial charge in [0.05, 0.1) is 0 Å². The third-order valence-corrected chi connectivity index (χ3v) is 5.00. The molecule has 0 aliphatic carbocycles. The van der Waals surface area contributed by atoms with E-state index in [9.17, 15) is 9.90 Å². The van der Waals surface area contributed by atoms with Crippen LogP contribution in [0.5, 0.6) is 5.75 Å². The number of carbonyl (C=O) groups is 1. The molecule has 132 valence electrons. The van der Waals surface area contributed by atoms with Crippen molar-refractivity contribution in [1.29, 1.82) is 0 Å². The van der Waals surface area contributed by atoms with Gasteiger partial charge in [0.25, 0.3) is 0 Å². The minimum absolute atomic E-state index is 0.257. The summed E-state index contributed by atoms with van der Waals surface area (Å²) in [7, 11) is 0. The molecule has 2 aromatic carbocycles. The van der Waals surface area contributed by atoms with Gasteiger partial charge in [-0.15, -0.1) is 0 Å². The molecule has 1 aliphatic rings. The number of carbonyl (C=O) groups excluding carboxylic acids is 1. The van der Waals surface area contributed by atoms with Gasteiger partial charge in [0.15, 0.2) is 0 Å². The van der Waals surface area contributed by atoms with Crippen LogP contribution in [0.3, 0.4) is 0 Å². The number of rotatable bonds is 5. The molecule has 25 heavy (non-hydrogen) atoms. The highest BCUT2D eigenvalue weighted by Gasteiger charge is 2.13. The van der Waals surface area contributed by atoms with Crippen LogP contribution < -0.4 is 11.1 Å². The molecule has 0 unspecified atom stereocenters. The molecule has 1 amide bonds. The van der Waals surface area contributed by atoms with E-state index in [1.807, 2.05) is 19.1 Å². The molecule has 1 aliphatic heterocycles. The molecule has 0 bridgehead atoms. The molecule has 1 fully saturated rings. The monoisotopic (exact) mass is 338 g/mol. The molecule has 4 N–H and O–H groups in total. The van der Waals surface area contributed by atoms with Crippen LogP contribution in [0.15, 0.2) is 36.4 Å². The Hall–Kier alpha value is -2.33. The van der Waals surface area contributed by atoms with Crippen LogP contribution >= 0.6 is 0 Å². The average Bonchev–Trinajstić information content (AvgIpc) is 2.60. The zero-order chi connectivity index (χ0) is 17.8. The number of hydrogen-bond donors (Lipinski definition) is 3. The van der Waals surface area contributed by atoms with Crippen molar-refractivity contribution < 1.29 is 9.90 Å². The SMILES string of the molecule is Cc1ccc(C(N)=O)cc1-c1cc(O)cc(CC[C@H]2CCCCN2)c1. The van der Waals surface area contributed by atoms with Crippen molar-refractivity contribution in [2.75, 3.05) is 6.54 Å². The molecule has 1 saturated heterocycles. The Morgan fingerprint density at radius 2 is 2.08 bits per heavy atom. The number of aromatic hydroxyl groups is 1. The van der Waals surface area contributed by atoms with Crippen molar-refractivity contribution in [3.63, 3.8) is 0 Å². The minimum atomic E-state index is -0.440. The van der Waals surface area contributed by atoms with Crippen LogP contribution in [0.4, 0.5) is 0 Å². The van der Waals surface area contributed by atoms with E-state index < -0.39 is 5.91 Å². The molecule has 4 nitrogen and oxygen atoms in total. The molecule has 1 atom stereocenters. The maximum Gasteiger partial charge on any atom is 0.248 e. The van der Waals surface area contributed by atoms with E-state index in [1.54, 1.807) is 18.2 Å². The third-order valence-electron chi connectivity index (χ3n) is 5.00. The molecule has 1 heterocycles. The van der Waals surface area contributed by atoms with Crippen LogP contribution in [-0.2, 0) is 6.42 Å². The summed E-state index contributed by atoms with van der Waals surface area (Å²) >= 11 is 0. The van der Waals surface area contributed by atoms with Gasteiger partial charge in [-0.25, -0.2) is 0 Å². The molecule has 0 spiro atoms. The number of benzene rings is 2. The second-order valence-electron chi connectivity index (χ2n) is 6.97. The topological polar surface area (TPSA) is 75.4 Å². The van der Waals surface area contributed by atoms with Gasteiger partial charge in [-0.2, -0.15) is 0 Å². The summed E-state index contributed by atoms with van der Waals surface area (Å²) in [6, 6.07) is 11.7. The predicted octanol–water partition coefficient (Wildman–Crippen LogP) is 3.54. The average molecular weight is 338 g/mol. The zero-order valence-electron chi connectivity index (χ0n) is 14.7. The molecule has 3 rings (SSSR count). The highest BCUT2D eigenvalue weighted by atomic mass is 16.3. The molecule has 4 heteroatoms.